The van der Waals surface area contributed by atoms with E-state index in [2.05, 4.69) is 9.72 Å². The maximum Gasteiger partial charge on any atom is 0.315 e. The number of aromatic nitrogens is 1. The van der Waals surface area contributed by atoms with Crippen LogP contribution in [0.1, 0.15) is 12.5 Å². The van der Waals surface area contributed by atoms with Crippen LogP contribution < -0.4 is 4.74 Å². The molecule has 0 amide bonds. The standard InChI is InChI=1S/C12H15NO4/c1-8(12(15)17-3)10(14)6-9-4-5-11(16-2)13-7-9/h4-5,7-8H,6H2,1-3H3. The van der Waals surface area contributed by atoms with Gasteiger partial charge >= 0.3 is 5.97 Å². The number of hydrogen-bond acceptors (Lipinski definition) is 5. The molecule has 0 saturated heterocycles. The Kier molecular flexibility index (Phi) is 4.63. The first-order valence-corrected chi connectivity index (χ1v) is 5.18. The lowest BCUT2D eigenvalue weighted by Gasteiger charge is -2.08. The minimum Gasteiger partial charge on any atom is -0.481 e. The molecule has 5 nitrogen and oxygen atoms in total. The molecule has 0 aliphatic heterocycles. The maximum absolute atomic E-state index is 11.7. The van der Waals surface area contributed by atoms with E-state index >= 15 is 0 Å². The summed E-state index contributed by atoms with van der Waals surface area (Å²) in [4.78, 5) is 26.9. The zero-order chi connectivity index (χ0) is 12.8. The Labute approximate surface area is 99.8 Å². The molecule has 0 aromatic carbocycles. The number of hydrogen-bond donors (Lipinski definition) is 0. The van der Waals surface area contributed by atoms with E-state index < -0.39 is 11.9 Å². The Morgan fingerprint density at radius 1 is 1.35 bits per heavy atom. The Balaban J connectivity index is 2.64. The molecule has 0 fully saturated rings. The molecule has 1 unspecified atom stereocenters. The second-order valence-electron chi connectivity index (χ2n) is 3.60. The number of nitrogens with zero attached hydrogens (tertiary/aromatic N) is 1. The molecule has 1 heterocycles. The predicted octanol–water partition coefficient (Wildman–Crippen LogP) is 1.01. The summed E-state index contributed by atoms with van der Waals surface area (Å²) in [7, 11) is 2.79. The first kappa shape index (κ1) is 13.2. The van der Waals surface area contributed by atoms with Gasteiger partial charge in [0.25, 0.3) is 0 Å². The third-order valence-electron chi connectivity index (χ3n) is 2.42. The van der Waals surface area contributed by atoms with Crippen molar-refractivity contribution in [3.8, 4) is 5.88 Å². The average molecular weight is 237 g/mol. The molecule has 0 saturated carbocycles. The SMILES string of the molecule is COC(=O)C(C)C(=O)Cc1ccc(OC)nc1. The van der Waals surface area contributed by atoms with E-state index in [1.165, 1.54) is 21.1 Å². The monoisotopic (exact) mass is 237 g/mol. The van der Waals surface area contributed by atoms with Gasteiger partial charge in [0.2, 0.25) is 5.88 Å². The zero-order valence-corrected chi connectivity index (χ0v) is 10.1. The first-order valence-electron chi connectivity index (χ1n) is 5.18. The Bertz CT molecular complexity index is 399. The highest BCUT2D eigenvalue weighted by atomic mass is 16.5. The average Bonchev–Trinajstić information content (AvgIpc) is 2.37. The number of Topliss-reactive ketones (excluding diaryl/α,β-unsaturated/α-hetero) is 1. The fourth-order valence-corrected chi connectivity index (χ4v) is 1.30. The summed E-state index contributed by atoms with van der Waals surface area (Å²) in [6.07, 6.45) is 1.72. The minimum atomic E-state index is -0.748. The number of ether oxygens (including phenoxy) is 2. The molecule has 5 heteroatoms. The summed E-state index contributed by atoms with van der Waals surface area (Å²) in [5, 5.41) is 0. The van der Waals surface area contributed by atoms with E-state index in [0.717, 1.165) is 5.56 Å². The molecule has 92 valence electrons. The second kappa shape index (κ2) is 5.98. The normalized spacial score (nSPS) is 11.7. The fourth-order valence-electron chi connectivity index (χ4n) is 1.30. The summed E-state index contributed by atoms with van der Waals surface area (Å²) in [6, 6.07) is 3.42. The van der Waals surface area contributed by atoms with Gasteiger partial charge in [0, 0.05) is 18.7 Å². The van der Waals surface area contributed by atoms with Crippen LogP contribution in [0.2, 0.25) is 0 Å². The quantitative estimate of drug-likeness (QED) is 0.565. The van der Waals surface area contributed by atoms with Crippen LogP contribution in [0, 0.1) is 5.92 Å². The number of carbonyl (C=O) groups excluding carboxylic acids is 2. The van der Waals surface area contributed by atoms with Gasteiger partial charge in [0.1, 0.15) is 5.92 Å². The third kappa shape index (κ3) is 3.55. The highest BCUT2D eigenvalue weighted by molar-refractivity contribution is 5.99. The highest BCUT2D eigenvalue weighted by Gasteiger charge is 2.21. The lowest BCUT2D eigenvalue weighted by atomic mass is 10.0. The largest absolute Gasteiger partial charge is 0.481 e. The molecule has 1 aromatic heterocycles. The summed E-state index contributed by atoms with van der Waals surface area (Å²) in [5.41, 5.74) is 0.742. The number of esters is 1. The number of methoxy groups -OCH3 is 2. The van der Waals surface area contributed by atoms with Gasteiger partial charge in [-0.25, -0.2) is 4.98 Å². The number of ketones is 1. The van der Waals surface area contributed by atoms with Crippen LogP contribution in [0.5, 0.6) is 5.88 Å². The Hall–Kier alpha value is -1.91. The van der Waals surface area contributed by atoms with Gasteiger partial charge < -0.3 is 9.47 Å². The van der Waals surface area contributed by atoms with Gasteiger partial charge in [0.15, 0.2) is 5.78 Å². The van der Waals surface area contributed by atoms with E-state index in [1.54, 1.807) is 18.3 Å². The molecule has 0 radical (unpaired) electrons. The van der Waals surface area contributed by atoms with Gasteiger partial charge in [-0.2, -0.15) is 0 Å². The van der Waals surface area contributed by atoms with Crippen molar-refractivity contribution in [1.82, 2.24) is 4.98 Å². The van der Waals surface area contributed by atoms with Crippen LogP contribution in [-0.4, -0.2) is 31.0 Å². The molecular weight excluding hydrogens is 222 g/mol. The number of pyridine rings is 1. The maximum atomic E-state index is 11.7. The molecule has 1 rings (SSSR count). The topological polar surface area (TPSA) is 65.5 Å². The van der Waals surface area contributed by atoms with E-state index in [1.807, 2.05) is 0 Å². The lowest BCUT2D eigenvalue weighted by Crippen LogP contribution is -2.23. The van der Waals surface area contributed by atoms with Crippen molar-refractivity contribution in [2.75, 3.05) is 14.2 Å². The van der Waals surface area contributed by atoms with Crippen LogP contribution in [0.25, 0.3) is 0 Å². The molecule has 0 bridgehead atoms. The Morgan fingerprint density at radius 3 is 2.53 bits per heavy atom. The molecule has 0 aliphatic carbocycles. The van der Waals surface area contributed by atoms with Crippen molar-refractivity contribution in [3.05, 3.63) is 23.9 Å². The van der Waals surface area contributed by atoms with E-state index in [0.29, 0.717) is 5.88 Å². The van der Waals surface area contributed by atoms with Crippen molar-refractivity contribution in [3.63, 3.8) is 0 Å². The lowest BCUT2D eigenvalue weighted by molar-refractivity contribution is -0.148. The van der Waals surface area contributed by atoms with E-state index in [9.17, 15) is 9.59 Å². The Morgan fingerprint density at radius 2 is 2.06 bits per heavy atom. The van der Waals surface area contributed by atoms with Crippen molar-refractivity contribution in [2.24, 2.45) is 5.92 Å². The molecule has 0 spiro atoms. The van der Waals surface area contributed by atoms with Crippen LogP contribution >= 0.6 is 0 Å². The molecule has 17 heavy (non-hydrogen) atoms. The first-order chi connectivity index (χ1) is 8.08. The van der Waals surface area contributed by atoms with Crippen LogP contribution in [0.3, 0.4) is 0 Å². The fraction of sp³-hybridized carbons (Fsp3) is 0.417. The van der Waals surface area contributed by atoms with Gasteiger partial charge in [0.05, 0.1) is 14.2 Å². The zero-order valence-electron chi connectivity index (χ0n) is 10.1. The molecule has 0 N–H and O–H groups in total. The van der Waals surface area contributed by atoms with Gasteiger partial charge in [-0.1, -0.05) is 6.07 Å². The molecule has 1 atom stereocenters. The van der Waals surface area contributed by atoms with Crippen LogP contribution in [0.4, 0.5) is 0 Å². The smallest absolute Gasteiger partial charge is 0.315 e. The predicted molar refractivity (Wildman–Crippen MR) is 60.7 cm³/mol. The van der Waals surface area contributed by atoms with E-state index in [-0.39, 0.29) is 12.2 Å². The van der Waals surface area contributed by atoms with Crippen LogP contribution in [0.15, 0.2) is 18.3 Å². The second-order valence-corrected chi connectivity index (χ2v) is 3.60. The van der Waals surface area contributed by atoms with Crippen LogP contribution in [-0.2, 0) is 20.7 Å². The molecular formula is C12H15NO4. The summed E-state index contributed by atoms with van der Waals surface area (Å²) >= 11 is 0. The molecule has 0 aliphatic rings. The van der Waals surface area contributed by atoms with Crippen molar-refractivity contribution < 1.29 is 19.1 Å². The summed E-state index contributed by atoms with van der Waals surface area (Å²) in [5.74, 6) is -0.968. The number of carbonyl (C=O) groups is 2. The van der Waals surface area contributed by atoms with Gasteiger partial charge in [-0.05, 0) is 12.5 Å². The van der Waals surface area contributed by atoms with Crippen molar-refractivity contribution in [1.29, 1.82) is 0 Å². The summed E-state index contributed by atoms with van der Waals surface area (Å²) < 4.78 is 9.42. The molecule has 1 aromatic rings. The minimum absolute atomic E-state index is 0.160. The third-order valence-corrected chi connectivity index (χ3v) is 2.42. The number of rotatable bonds is 5. The summed E-state index contributed by atoms with van der Waals surface area (Å²) in [6.45, 7) is 1.53. The van der Waals surface area contributed by atoms with Crippen molar-refractivity contribution in [2.45, 2.75) is 13.3 Å². The van der Waals surface area contributed by atoms with Crippen molar-refractivity contribution >= 4 is 11.8 Å². The van der Waals surface area contributed by atoms with E-state index in [4.69, 9.17) is 4.74 Å². The van der Waals surface area contributed by atoms with Gasteiger partial charge in [-0.15, -0.1) is 0 Å². The van der Waals surface area contributed by atoms with Gasteiger partial charge in [-0.3, -0.25) is 9.59 Å². The highest BCUT2D eigenvalue weighted by Crippen LogP contribution is 2.10.